The summed E-state index contributed by atoms with van der Waals surface area (Å²) in [4.78, 5) is 18.1. The van der Waals surface area contributed by atoms with Crippen LogP contribution in [-0.2, 0) is 20.6 Å². The van der Waals surface area contributed by atoms with Crippen molar-refractivity contribution in [3.63, 3.8) is 0 Å². The number of nitrogens with zero attached hydrogens (tertiary/aromatic N) is 1. The molecule has 230 valence electrons. The summed E-state index contributed by atoms with van der Waals surface area (Å²) >= 11 is 1.45. The number of nitrogens with one attached hydrogen (secondary N) is 1. The average molecular weight is 629 g/mol. The predicted octanol–water partition coefficient (Wildman–Crippen LogP) is 7.58. The lowest BCUT2D eigenvalue weighted by molar-refractivity contribution is -0.0536. The molecule has 5 aromatic rings. The summed E-state index contributed by atoms with van der Waals surface area (Å²) in [5.41, 5.74) is 2.01. The predicted molar refractivity (Wildman–Crippen MR) is 180 cm³/mol. The lowest BCUT2D eigenvalue weighted by atomic mass is 9.78. The topological polar surface area (TPSA) is 59.9 Å². The van der Waals surface area contributed by atoms with Crippen LogP contribution in [0.25, 0.3) is 0 Å². The van der Waals surface area contributed by atoms with Crippen molar-refractivity contribution in [1.29, 1.82) is 0 Å². The van der Waals surface area contributed by atoms with Gasteiger partial charge in [-0.15, -0.1) is 0 Å². The number of benzene rings is 5. The van der Waals surface area contributed by atoms with Crippen molar-refractivity contribution < 1.29 is 18.7 Å². The minimum Gasteiger partial charge on any atom is -0.372 e. The largest absolute Gasteiger partial charge is 0.372 e. The number of amidine groups is 1. The maximum Gasteiger partial charge on any atom is 0.257 e. The van der Waals surface area contributed by atoms with E-state index in [1.165, 1.54) is 17.8 Å². The Bertz CT molecular complexity index is 1730. The zero-order valence-electron chi connectivity index (χ0n) is 25.1. The van der Waals surface area contributed by atoms with Crippen LogP contribution in [0.1, 0.15) is 32.6 Å². The number of aliphatic imine (C=N–C) groups is 1. The first-order valence-electron chi connectivity index (χ1n) is 15.4. The molecule has 2 aliphatic heterocycles. The first kappa shape index (κ1) is 30.1. The van der Waals surface area contributed by atoms with Gasteiger partial charge in [0.25, 0.3) is 5.91 Å². The number of hydrogen-bond acceptors (Lipinski definition) is 5. The summed E-state index contributed by atoms with van der Waals surface area (Å²) in [5.74, 6) is -0.266. The summed E-state index contributed by atoms with van der Waals surface area (Å²) in [5, 5.41) is 3.41. The Morgan fingerprint density at radius 3 is 1.89 bits per heavy atom. The van der Waals surface area contributed by atoms with E-state index in [4.69, 9.17) is 14.5 Å². The van der Waals surface area contributed by atoms with E-state index in [0.29, 0.717) is 22.0 Å². The van der Waals surface area contributed by atoms with Crippen molar-refractivity contribution in [3.8, 4) is 0 Å². The summed E-state index contributed by atoms with van der Waals surface area (Å²) < 4.78 is 29.2. The molecule has 5 nitrogen and oxygen atoms in total. The van der Waals surface area contributed by atoms with Crippen LogP contribution >= 0.6 is 11.8 Å². The van der Waals surface area contributed by atoms with E-state index in [9.17, 15) is 4.79 Å². The van der Waals surface area contributed by atoms with E-state index >= 15 is 4.39 Å². The fourth-order valence-corrected chi connectivity index (χ4v) is 7.84. The molecule has 5 aromatic carbocycles. The Kier molecular flexibility index (Phi) is 8.54. The van der Waals surface area contributed by atoms with Crippen molar-refractivity contribution in [2.45, 2.75) is 17.2 Å². The fourth-order valence-electron chi connectivity index (χ4n) is 6.62. The van der Waals surface area contributed by atoms with Gasteiger partial charge in [0.1, 0.15) is 17.0 Å². The standard InChI is InChI=1S/C39H33FN2O3S/c40-34-24-14-13-23-32(34)38-27-44-35(33(38)26-46-37(42-38)41-36(43)28-15-5-1-6-16-28)25-45-39(29-17-7-2-8-18-29,30-19-9-3-10-20-30)31-21-11-4-12-22-31/h1-24,33,35H,25-27H2,(H,41,42,43)/t33-,35-,38-/m1/s1. The van der Waals surface area contributed by atoms with Crippen molar-refractivity contribution in [2.75, 3.05) is 19.0 Å². The number of rotatable bonds is 8. The number of fused-ring (bicyclic) bond motifs is 1. The normalized spacial score (nSPS) is 20.8. The molecule has 46 heavy (non-hydrogen) atoms. The molecule has 1 amide bonds. The van der Waals surface area contributed by atoms with Crippen LogP contribution in [-0.4, -0.2) is 36.1 Å². The third-order valence-electron chi connectivity index (χ3n) is 8.88. The van der Waals surface area contributed by atoms with E-state index in [-0.39, 0.29) is 30.9 Å². The van der Waals surface area contributed by atoms with Crippen LogP contribution in [0.3, 0.4) is 0 Å². The molecule has 0 aliphatic carbocycles. The summed E-state index contributed by atoms with van der Waals surface area (Å²) in [7, 11) is 0. The number of hydrogen-bond donors (Lipinski definition) is 1. The summed E-state index contributed by atoms with van der Waals surface area (Å²) in [6, 6.07) is 46.3. The van der Waals surface area contributed by atoms with Gasteiger partial charge in [0, 0.05) is 22.8 Å². The van der Waals surface area contributed by atoms with Gasteiger partial charge in [0.05, 0.1) is 19.3 Å². The number of ether oxygens (including phenoxy) is 2. The quantitative estimate of drug-likeness (QED) is 0.180. The number of halogens is 1. The highest BCUT2D eigenvalue weighted by molar-refractivity contribution is 8.13. The third-order valence-corrected chi connectivity index (χ3v) is 9.87. The monoisotopic (exact) mass is 628 g/mol. The third kappa shape index (κ3) is 5.55. The minimum atomic E-state index is -1.03. The molecular weight excluding hydrogens is 596 g/mol. The lowest BCUT2D eigenvalue weighted by Crippen LogP contribution is -2.45. The molecule has 0 spiro atoms. The van der Waals surface area contributed by atoms with Gasteiger partial charge >= 0.3 is 0 Å². The number of carbonyl (C=O) groups is 1. The van der Waals surface area contributed by atoms with Crippen LogP contribution < -0.4 is 5.32 Å². The highest BCUT2D eigenvalue weighted by Crippen LogP contribution is 2.49. The highest BCUT2D eigenvalue weighted by atomic mass is 32.2. The smallest absolute Gasteiger partial charge is 0.257 e. The Hall–Kier alpha value is -4.56. The van der Waals surface area contributed by atoms with Crippen molar-refractivity contribution in [1.82, 2.24) is 5.32 Å². The van der Waals surface area contributed by atoms with Crippen LogP contribution in [0.5, 0.6) is 0 Å². The van der Waals surface area contributed by atoms with Crippen molar-refractivity contribution >= 4 is 22.8 Å². The summed E-state index contributed by atoms with van der Waals surface area (Å²) in [6.45, 7) is 0.397. The van der Waals surface area contributed by atoms with E-state index in [1.807, 2.05) is 78.9 Å². The van der Waals surface area contributed by atoms with E-state index in [1.54, 1.807) is 24.3 Å². The van der Waals surface area contributed by atoms with E-state index in [0.717, 1.165) is 16.7 Å². The lowest BCUT2D eigenvalue weighted by Gasteiger charge is -2.39. The fraction of sp³-hybridized carbons (Fsp3) is 0.179. The van der Waals surface area contributed by atoms with Crippen molar-refractivity contribution in [2.24, 2.45) is 10.9 Å². The number of carbonyl (C=O) groups excluding carboxylic acids is 1. The van der Waals surface area contributed by atoms with Crippen LogP contribution in [0.4, 0.5) is 4.39 Å². The minimum absolute atomic E-state index is 0.160. The van der Waals surface area contributed by atoms with Gasteiger partial charge < -0.3 is 14.8 Å². The van der Waals surface area contributed by atoms with Gasteiger partial charge in [-0.25, -0.2) is 9.38 Å². The van der Waals surface area contributed by atoms with Gasteiger partial charge in [0.15, 0.2) is 5.17 Å². The zero-order chi connectivity index (χ0) is 31.4. The Morgan fingerprint density at radius 2 is 1.33 bits per heavy atom. The Morgan fingerprint density at radius 1 is 0.804 bits per heavy atom. The molecule has 2 aliphatic rings. The molecule has 2 heterocycles. The molecule has 0 saturated carbocycles. The molecule has 0 aromatic heterocycles. The van der Waals surface area contributed by atoms with Gasteiger partial charge in [-0.1, -0.05) is 139 Å². The molecule has 1 saturated heterocycles. The number of thioether (sulfide) groups is 1. The van der Waals surface area contributed by atoms with Crippen molar-refractivity contribution in [3.05, 3.63) is 179 Å². The number of amides is 1. The second-order valence-corrected chi connectivity index (χ2v) is 12.5. The van der Waals surface area contributed by atoms with Crippen LogP contribution in [0.2, 0.25) is 0 Å². The molecule has 0 radical (unpaired) electrons. The molecule has 1 fully saturated rings. The van der Waals surface area contributed by atoms with E-state index < -0.39 is 17.2 Å². The molecule has 7 rings (SSSR count). The maximum absolute atomic E-state index is 15.6. The second kappa shape index (κ2) is 13.0. The van der Waals surface area contributed by atoms with Gasteiger partial charge in [-0.05, 0) is 34.9 Å². The molecule has 3 atom stereocenters. The molecular formula is C39H33FN2O3S. The maximum atomic E-state index is 15.6. The zero-order valence-corrected chi connectivity index (χ0v) is 25.9. The first-order valence-corrected chi connectivity index (χ1v) is 16.3. The Balaban J connectivity index is 1.25. The van der Waals surface area contributed by atoms with Gasteiger partial charge in [0.2, 0.25) is 0 Å². The first-order chi connectivity index (χ1) is 22.6. The van der Waals surface area contributed by atoms with Gasteiger partial charge in [-0.3, -0.25) is 4.79 Å². The Labute approximate surface area is 272 Å². The molecule has 7 heteroatoms. The highest BCUT2D eigenvalue weighted by Gasteiger charge is 2.55. The molecule has 0 unspecified atom stereocenters. The summed E-state index contributed by atoms with van der Waals surface area (Å²) in [6.07, 6.45) is -0.391. The molecule has 1 N–H and O–H groups in total. The SMILES string of the molecule is O=C(NC1=N[C@@]2(c3ccccc3F)CO[C@H](COC(c3ccccc3)(c3ccccc3)c3ccccc3)[C@H]2CS1)c1ccccc1. The van der Waals surface area contributed by atoms with Crippen LogP contribution in [0, 0.1) is 11.7 Å². The van der Waals surface area contributed by atoms with Crippen LogP contribution in [0.15, 0.2) is 151 Å². The average Bonchev–Trinajstić information content (AvgIpc) is 3.49. The molecule has 0 bridgehead atoms. The van der Waals surface area contributed by atoms with E-state index in [2.05, 4.69) is 41.7 Å². The second-order valence-electron chi connectivity index (χ2n) is 11.5. The van der Waals surface area contributed by atoms with Gasteiger partial charge in [-0.2, -0.15) is 0 Å².